The van der Waals surface area contributed by atoms with Crippen molar-refractivity contribution in [2.45, 2.75) is 25.3 Å². The van der Waals surface area contributed by atoms with Crippen molar-refractivity contribution in [3.05, 3.63) is 52.3 Å². The second-order valence-electron chi connectivity index (χ2n) is 6.86. The van der Waals surface area contributed by atoms with E-state index in [1.165, 1.54) is 34.6 Å². The molecule has 0 aliphatic carbocycles. The number of primary amides is 1. The quantitative estimate of drug-likeness (QED) is 0.595. The fourth-order valence-corrected chi connectivity index (χ4v) is 4.58. The van der Waals surface area contributed by atoms with Gasteiger partial charge in [-0.2, -0.15) is 0 Å². The summed E-state index contributed by atoms with van der Waals surface area (Å²) in [5, 5.41) is 11.3. The van der Waals surface area contributed by atoms with Crippen molar-refractivity contribution < 1.29 is 23.1 Å². The number of piperidine rings is 1. The molecule has 0 bridgehead atoms. The minimum absolute atomic E-state index is 0.0389. The van der Waals surface area contributed by atoms with Crippen LogP contribution in [0.4, 0.5) is 20.6 Å². The Morgan fingerprint density at radius 1 is 1.30 bits per heavy atom. The monoisotopic (exact) mass is 455 g/mol. The highest BCUT2D eigenvalue weighted by atomic mass is 35.5. The van der Waals surface area contributed by atoms with Crippen LogP contribution >= 0.6 is 11.6 Å². The van der Waals surface area contributed by atoms with Crippen LogP contribution in [0.2, 0.25) is 5.02 Å². The first-order chi connectivity index (χ1) is 14.3. The van der Waals surface area contributed by atoms with E-state index in [9.17, 15) is 23.1 Å². The molecule has 1 unspecified atom stereocenters. The van der Waals surface area contributed by atoms with Crippen LogP contribution in [-0.2, 0) is 17.8 Å². The van der Waals surface area contributed by atoms with Crippen molar-refractivity contribution in [3.8, 4) is 5.75 Å². The summed E-state index contributed by atoms with van der Waals surface area (Å²) in [6.45, 7) is 0.376. The number of phenols is 1. The summed E-state index contributed by atoms with van der Waals surface area (Å²) in [6, 6.07) is 6.10. The molecule has 1 atom stereocenters. The first-order valence-electron chi connectivity index (χ1n) is 9.19. The Kier molecular flexibility index (Phi) is 6.94. The third kappa shape index (κ3) is 4.28. The van der Waals surface area contributed by atoms with E-state index in [0.29, 0.717) is 18.4 Å². The van der Waals surface area contributed by atoms with E-state index < -0.39 is 23.1 Å². The topological polar surface area (TPSA) is 136 Å². The lowest BCUT2D eigenvalue weighted by molar-refractivity contribution is 0.255. The molecular formula is C19H21ClFN4O4S-. The minimum atomic E-state index is -2.31. The SMILES string of the molecule is NCc1c(F)cccc1N(C(N)=O)c1ccc(Cl)c(C2CCN(S(=O)[O-])CC2)c1O. The van der Waals surface area contributed by atoms with Crippen molar-refractivity contribution in [3.63, 3.8) is 0 Å². The molecular weight excluding hydrogens is 435 g/mol. The first-order valence-corrected chi connectivity index (χ1v) is 10.6. The zero-order chi connectivity index (χ0) is 22.0. The van der Waals surface area contributed by atoms with Gasteiger partial charge in [0.05, 0.1) is 11.4 Å². The lowest BCUT2D eigenvalue weighted by Crippen LogP contribution is -2.35. The normalized spacial score (nSPS) is 16.4. The van der Waals surface area contributed by atoms with E-state index in [2.05, 4.69) is 0 Å². The lowest BCUT2D eigenvalue weighted by atomic mass is 9.89. The number of aromatic hydroxyl groups is 1. The number of benzene rings is 2. The summed E-state index contributed by atoms with van der Waals surface area (Å²) in [4.78, 5) is 13.3. The summed E-state index contributed by atoms with van der Waals surface area (Å²) in [6.07, 6.45) is 0.880. The van der Waals surface area contributed by atoms with Crippen LogP contribution in [0, 0.1) is 5.82 Å². The highest BCUT2D eigenvalue weighted by molar-refractivity contribution is 7.76. The predicted octanol–water partition coefficient (Wildman–Crippen LogP) is 2.83. The number of nitrogens with two attached hydrogens (primary N) is 2. The molecule has 1 aliphatic heterocycles. The summed E-state index contributed by atoms with van der Waals surface area (Å²) >= 11 is 4.03. The highest BCUT2D eigenvalue weighted by Gasteiger charge is 2.30. The number of rotatable bonds is 5. The van der Waals surface area contributed by atoms with Crippen LogP contribution in [0.1, 0.15) is 29.9 Å². The van der Waals surface area contributed by atoms with Gasteiger partial charge in [-0.25, -0.2) is 13.5 Å². The molecule has 0 radical (unpaired) electrons. The minimum Gasteiger partial charge on any atom is -0.760 e. The molecule has 0 saturated carbocycles. The zero-order valence-corrected chi connectivity index (χ0v) is 17.5. The van der Waals surface area contributed by atoms with Crippen molar-refractivity contribution in [2.24, 2.45) is 11.5 Å². The Hall–Kier alpha value is -2.24. The van der Waals surface area contributed by atoms with Crippen LogP contribution in [0.15, 0.2) is 30.3 Å². The van der Waals surface area contributed by atoms with Gasteiger partial charge in [-0.05, 0) is 43.0 Å². The van der Waals surface area contributed by atoms with E-state index in [1.807, 2.05) is 0 Å². The molecule has 1 saturated heterocycles. The zero-order valence-electron chi connectivity index (χ0n) is 15.9. The van der Waals surface area contributed by atoms with Gasteiger partial charge in [-0.1, -0.05) is 17.7 Å². The van der Waals surface area contributed by atoms with Crippen molar-refractivity contribution in [1.82, 2.24) is 4.31 Å². The molecule has 5 N–H and O–H groups in total. The van der Waals surface area contributed by atoms with Gasteiger partial charge < -0.3 is 21.1 Å². The predicted molar refractivity (Wildman–Crippen MR) is 112 cm³/mol. The van der Waals surface area contributed by atoms with Gasteiger partial charge in [0.1, 0.15) is 11.6 Å². The molecule has 162 valence electrons. The van der Waals surface area contributed by atoms with Crippen molar-refractivity contribution in [1.29, 1.82) is 0 Å². The van der Waals surface area contributed by atoms with Gasteiger partial charge in [0.2, 0.25) is 0 Å². The van der Waals surface area contributed by atoms with E-state index in [4.69, 9.17) is 23.1 Å². The number of hydrogen-bond donors (Lipinski definition) is 3. The van der Waals surface area contributed by atoms with Crippen LogP contribution in [0.3, 0.4) is 0 Å². The third-order valence-electron chi connectivity index (χ3n) is 5.22. The van der Waals surface area contributed by atoms with Gasteiger partial charge in [0, 0.05) is 47.1 Å². The average molecular weight is 456 g/mol. The Labute approximate surface area is 180 Å². The molecule has 1 aliphatic rings. The molecule has 2 amide bonds. The summed E-state index contributed by atoms with van der Waals surface area (Å²) in [5.74, 6) is -1.10. The first kappa shape index (κ1) is 22.4. The maximum Gasteiger partial charge on any atom is 0.324 e. The lowest BCUT2D eigenvalue weighted by Gasteiger charge is -2.34. The van der Waals surface area contributed by atoms with Crippen LogP contribution in [0.5, 0.6) is 5.75 Å². The second kappa shape index (κ2) is 9.27. The maximum atomic E-state index is 14.2. The smallest absolute Gasteiger partial charge is 0.324 e. The highest BCUT2D eigenvalue weighted by Crippen LogP contribution is 2.45. The van der Waals surface area contributed by atoms with Gasteiger partial charge in [0.15, 0.2) is 0 Å². The van der Waals surface area contributed by atoms with Gasteiger partial charge in [-0.15, -0.1) is 0 Å². The van der Waals surface area contributed by atoms with Crippen LogP contribution < -0.4 is 16.4 Å². The fraction of sp³-hybridized carbons (Fsp3) is 0.316. The standard InChI is InChI=1S/C19H22ClFN4O4S/c20-13-4-5-16(18(26)17(13)11-6-8-24(9-7-11)30(28)29)25(19(23)27)15-3-1-2-14(21)12(15)10-22/h1-5,11,26H,6-10,22H2,(H2,23,27)(H,28,29)/p-1. The number of nitrogens with zero attached hydrogens (tertiary/aromatic N) is 2. The summed E-state index contributed by atoms with van der Waals surface area (Å²) in [7, 11) is 0. The third-order valence-corrected chi connectivity index (χ3v) is 6.33. The van der Waals surface area contributed by atoms with E-state index in [-0.39, 0.29) is 53.3 Å². The average Bonchev–Trinajstić information content (AvgIpc) is 2.70. The Morgan fingerprint density at radius 3 is 2.53 bits per heavy atom. The van der Waals surface area contributed by atoms with Crippen molar-refractivity contribution >= 4 is 40.3 Å². The molecule has 0 aromatic heterocycles. The Morgan fingerprint density at radius 2 is 1.97 bits per heavy atom. The summed E-state index contributed by atoms with van der Waals surface area (Å²) in [5.41, 5.74) is 11.8. The number of carbonyl (C=O) groups is 1. The van der Waals surface area contributed by atoms with E-state index in [0.717, 1.165) is 4.90 Å². The molecule has 1 heterocycles. The maximum absolute atomic E-state index is 14.2. The number of amides is 2. The van der Waals surface area contributed by atoms with E-state index in [1.54, 1.807) is 0 Å². The number of urea groups is 1. The molecule has 1 fully saturated rings. The molecule has 2 aromatic carbocycles. The Bertz CT molecular complexity index is 985. The molecule has 0 spiro atoms. The molecule has 2 aromatic rings. The number of phenolic OH excluding ortho intramolecular Hbond substituents is 1. The molecule has 30 heavy (non-hydrogen) atoms. The fourth-order valence-electron chi connectivity index (χ4n) is 3.76. The van der Waals surface area contributed by atoms with Gasteiger partial charge in [0.25, 0.3) is 0 Å². The van der Waals surface area contributed by atoms with Crippen LogP contribution in [-0.4, -0.2) is 37.3 Å². The Balaban J connectivity index is 2.06. The number of hydrogen-bond acceptors (Lipinski definition) is 5. The second-order valence-corrected chi connectivity index (χ2v) is 8.22. The number of anilines is 2. The largest absolute Gasteiger partial charge is 0.760 e. The number of carbonyl (C=O) groups excluding carboxylic acids is 1. The molecule has 3 rings (SSSR count). The van der Waals surface area contributed by atoms with Gasteiger partial charge in [-0.3, -0.25) is 9.11 Å². The van der Waals surface area contributed by atoms with Crippen molar-refractivity contribution in [2.75, 3.05) is 18.0 Å². The molecule has 11 heteroatoms. The van der Waals surface area contributed by atoms with Gasteiger partial charge >= 0.3 is 6.03 Å². The molecule has 8 nitrogen and oxygen atoms in total. The van der Waals surface area contributed by atoms with E-state index >= 15 is 0 Å². The number of halogens is 2. The van der Waals surface area contributed by atoms with Crippen LogP contribution in [0.25, 0.3) is 0 Å². The summed E-state index contributed by atoms with van der Waals surface area (Å²) < 4.78 is 37.8.